The van der Waals surface area contributed by atoms with Crippen LogP contribution in [-0.4, -0.2) is 15.9 Å². The van der Waals surface area contributed by atoms with Gasteiger partial charge in [-0.2, -0.15) is 0 Å². The molecule has 0 saturated carbocycles. The molecule has 0 aromatic carbocycles. The maximum Gasteiger partial charge on any atom is 0.255 e. The molecular weight excluding hydrogens is 270 g/mol. The minimum absolute atomic E-state index is 0.172. The predicted octanol–water partition coefficient (Wildman–Crippen LogP) is 2.49. The topological polar surface area (TPSA) is 54.9 Å². The fourth-order valence-electron chi connectivity index (χ4n) is 1.17. The number of aromatic nitrogens is 2. The van der Waals surface area contributed by atoms with E-state index in [9.17, 15) is 4.79 Å². The van der Waals surface area contributed by atoms with Crippen molar-refractivity contribution in [2.24, 2.45) is 0 Å². The average Bonchev–Trinajstić information content (AvgIpc) is 2.33. The molecule has 0 aliphatic rings. The number of nitrogens with zero attached hydrogens (tertiary/aromatic N) is 2. The zero-order valence-electron chi connectivity index (χ0n) is 8.22. The van der Waals surface area contributed by atoms with E-state index in [1.165, 1.54) is 0 Å². The van der Waals surface area contributed by atoms with E-state index in [1.54, 1.807) is 43.0 Å². The van der Waals surface area contributed by atoms with Crippen molar-refractivity contribution in [3.63, 3.8) is 0 Å². The van der Waals surface area contributed by atoms with Crippen LogP contribution >= 0.6 is 15.9 Å². The first kappa shape index (κ1) is 10.8. The Kier molecular flexibility index (Phi) is 3.26. The van der Waals surface area contributed by atoms with Gasteiger partial charge in [0.25, 0.3) is 5.91 Å². The molecule has 0 saturated heterocycles. The molecule has 0 atom stereocenters. The van der Waals surface area contributed by atoms with Gasteiger partial charge in [0.05, 0.1) is 10.2 Å². The molecule has 0 aliphatic carbocycles. The Morgan fingerprint density at radius 3 is 2.50 bits per heavy atom. The summed E-state index contributed by atoms with van der Waals surface area (Å²) < 4.78 is 0.748. The van der Waals surface area contributed by atoms with Crippen LogP contribution in [0, 0.1) is 0 Å². The zero-order valence-corrected chi connectivity index (χ0v) is 9.81. The number of halogens is 1. The molecule has 16 heavy (non-hydrogen) atoms. The van der Waals surface area contributed by atoms with Crippen LogP contribution in [0.15, 0.2) is 47.5 Å². The first-order valence-electron chi connectivity index (χ1n) is 4.58. The number of rotatable bonds is 2. The van der Waals surface area contributed by atoms with Crippen LogP contribution in [0.1, 0.15) is 10.4 Å². The number of pyridine rings is 2. The van der Waals surface area contributed by atoms with E-state index in [4.69, 9.17) is 0 Å². The Hall–Kier alpha value is -1.75. The smallest absolute Gasteiger partial charge is 0.255 e. The monoisotopic (exact) mass is 277 g/mol. The van der Waals surface area contributed by atoms with Gasteiger partial charge in [-0.3, -0.25) is 14.8 Å². The molecular formula is C11H8BrN3O. The van der Waals surface area contributed by atoms with Crippen molar-refractivity contribution >= 4 is 27.5 Å². The second-order valence-electron chi connectivity index (χ2n) is 3.05. The molecule has 2 rings (SSSR count). The van der Waals surface area contributed by atoms with E-state index in [-0.39, 0.29) is 5.91 Å². The summed E-state index contributed by atoms with van der Waals surface area (Å²) in [6.45, 7) is 0. The molecule has 5 heteroatoms. The lowest BCUT2D eigenvalue weighted by atomic mass is 10.2. The maximum atomic E-state index is 11.8. The quantitative estimate of drug-likeness (QED) is 0.918. The number of hydrogen-bond donors (Lipinski definition) is 1. The van der Waals surface area contributed by atoms with E-state index in [0.29, 0.717) is 11.3 Å². The van der Waals surface area contributed by atoms with E-state index in [2.05, 4.69) is 31.2 Å². The lowest BCUT2D eigenvalue weighted by Gasteiger charge is -2.06. The summed E-state index contributed by atoms with van der Waals surface area (Å²) in [5.74, 6) is -0.172. The Bertz CT molecular complexity index is 502. The van der Waals surface area contributed by atoms with E-state index < -0.39 is 0 Å². The van der Waals surface area contributed by atoms with Crippen molar-refractivity contribution in [1.82, 2.24) is 9.97 Å². The lowest BCUT2D eigenvalue weighted by molar-refractivity contribution is 0.102. The fourth-order valence-corrected chi connectivity index (χ4v) is 1.52. The molecule has 2 heterocycles. The second kappa shape index (κ2) is 4.85. The average molecular weight is 278 g/mol. The lowest BCUT2D eigenvalue weighted by Crippen LogP contribution is -2.12. The number of hydrogen-bond acceptors (Lipinski definition) is 3. The summed E-state index contributed by atoms with van der Waals surface area (Å²) in [6, 6.07) is 5.04. The molecule has 2 aromatic heterocycles. The van der Waals surface area contributed by atoms with Crippen LogP contribution in [0.5, 0.6) is 0 Å². The van der Waals surface area contributed by atoms with Crippen molar-refractivity contribution in [2.75, 3.05) is 5.32 Å². The Morgan fingerprint density at radius 2 is 1.81 bits per heavy atom. The van der Waals surface area contributed by atoms with Crippen molar-refractivity contribution in [3.8, 4) is 0 Å². The molecule has 1 amide bonds. The molecule has 1 N–H and O–H groups in total. The standard InChI is InChI=1S/C11H8BrN3O/c12-9-7-14-6-3-10(9)15-11(16)8-1-4-13-5-2-8/h1-7H,(H,14,15,16). The van der Waals surface area contributed by atoms with Crippen LogP contribution in [0.3, 0.4) is 0 Å². The summed E-state index contributed by atoms with van der Waals surface area (Å²) in [6.07, 6.45) is 6.40. The molecule has 0 fully saturated rings. The van der Waals surface area contributed by atoms with Gasteiger partial charge in [0.15, 0.2) is 0 Å². The first-order valence-corrected chi connectivity index (χ1v) is 5.37. The summed E-state index contributed by atoms with van der Waals surface area (Å²) in [5, 5.41) is 2.77. The SMILES string of the molecule is O=C(Nc1ccncc1Br)c1ccncc1. The molecule has 2 aromatic rings. The Morgan fingerprint density at radius 1 is 1.12 bits per heavy atom. The molecule has 80 valence electrons. The van der Waals surface area contributed by atoms with Crippen LogP contribution in [0.4, 0.5) is 5.69 Å². The second-order valence-corrected chi connectivity index (χ2v) is 3.90. The summed E-state index contributed by atoms with van der Waals surface area (Å²) in [4.78, 5) is 19.6. The van der Waals surface area contributed by atoms with Gasteiger partial charge in [-0.15, -0.1) is 0 Å². The minimum Gasteiger partial charge on any atom is -0.321 e. The van der Waals surface area contributed by atoms with Crippen molar-refractivity contribution < 1.29 is 4.79 Å². The number of amides is 1. The number of carbonyl (C=O) groups excluding carboxylic acids is 1. The number of carbonyl (C=O) groups is 1. The van der Waals surface area contributed by atoms with E-state index in [1.807, 2.05) is 0 Å². The van der Waals surface area contributed by atoms with Gasteiger partial charge in [-0.05, 0) is 34.1 Å². The highest BCUT2D eigenvalue weighted by atomic mass is 79.9. The predicted molar refractivity (Wildman–Crippen MR) is 64.1 cm³/mol. The Labute approximate surface area is 101 Å². The van der Waals surface area contributed by atoms with Gasteiger partial charge >= 0.3 is 0 Å². The van der Waals surface area contributed by atoms with Crippen molar-refractivity contribution in [1.29, 1.82) is 0 Å². The van der Waals surface area contributed by atoms with E-state index >= 15 is 0 Å². The highest BCUT2D eigenvalue weighted by Gasteiger charge is 2.07. The third-order valence-electron chi connectivity index (χ3n) is 1.96. The van der Waals surface area contributed by atoms with Crippen LogP contribution in [-0.2, 0) is 0 Å². The highest BCUT2D eigenvalue weighted by molar-refractivity contribution is 9.10. The van der Waals surface area contributed by atoms with Crippen molar-refractivity contribution in [3.05, 3.63) is 53.0 Å². The molecule has 4 nitrogen and oxygen atoms in total. The number of anilines is 1. The van der Waals surface area contributed by atoms with Gasteiger partial charge in [-0.25, -0.2) is 0 Å². The third kappa shape index (κ3) is 2.43. The number of nitrogens with one attached hydrogen (secondary N) is 1. The Balaban J connectivity index is 2.18. The van der Waals surface area contributed by atoms with Gasteiger partial charge < -0.3 is 5.32 Å². The highest BCUT2D eigenvalue weighted by Crippen LogP contribution is 2.20. The molecule has 0 bridgehead atoms. The largest absolute Gasteiger partial charge is 0.321 e. The third-order valence-corrected chi connectivity index (χ3v) is 2.60. The first-order chi connectivity index (χ1) is 7.77. The summed E-state index contributed by atoms with van der Waals surface area (Å²) in [7, 11) is 0. The zero-order chi connectivity index (χ0) is 11.4. The van der Waals surface area contributed by atoms with Gasteiger partial charge in [0.1, 0.15) is 0 Å². The van der Waals surface area contributed by atoms with Crippen LogP contribution < -0.4 is 5.32 Å². The van der Waals surface area contributed by atoms with Gasteiger partial charge in [0, 0.05) is 30.4 Å². The normalized spacial score (nSPS) is 9.81. The van der Waals surface area contributed by atoms with E-state index in [0.717, 1.165) is 4.47 Å². The molecule has 0 unspecified atom stereocenters. The van der Waals surface area contributed by atoms with Crippen molar-refractivity contribution in [2.45, 2.75) is 0 Å². The molecule has 0 spiro atoms. The summed E-state index contributed by atoms with van der Waals surface area (Å²) >= 11 is 3.31. The van der Waals surface area contributed by atoms with Gasteiger partial charge in [-0.1, -0.05) is 0 Å². The van der Waals surface area contributed by atoms with Gasteiger partial charge in [0.2, 0.25) is 0 Å². The van der Waals surface area contributed by atoms with Crippen LogP contribution in [0.2, 0.25) is 0 Å². The molecule has 0 aliphatic heterocycles. The minimum atomic E-state index is -0.172. The maximum absolute atomic E-state index is 11.8. The van der Waals surface area contributed by atoms with Crippen LogP contribution in [0.25, 0.3) is 0 Å². The fraction of sp³-hybridized carbons (Fsp3) is 0. The molecule has 0 radical (unpaired) electrons. The summed E-state index contributed by atoms with van der Waals surface area (Å²) in [5.41, 5.74) is 1.26.